The topological polar surface area (TPSA) is 88.8 Å². The van der Waals surface area contributed by atoms with Crippen molar-refractivity contribution in [2.45, 2.75) is 26.0 Å². The van der Waals surface area contributed by atoms with Gasteiger partial charge in [0.15, 0.2) is 6.61 Å². The molecule has 6 nitrogen and oxygen atoms in total. The SMILES string of the molecule is Cc1ccc(-c2ccc3oc(COC(=O)NC(Cc4ccccc4)C(=O)O)cc3c2)cc1. The first-order chi connectivity index (χ1) is 15.5. The van der Waals surface area contributed by atoms with Gasteiger partial charge in [0.25, 0.3) is 0 Å². The maximum absolute atomic E-state index is 12.2. The number of hydrogen-bond acceptors (Lipinski definition) is 4. The summed E-state index contributed by atoms with van der Waals surface area (Å²) in [6, 6.07) is 24.0. The van der Waals surface area contributed by atoms with Gasteiger partial charge in [-0.1, -0.05) is 66.2 Å². The van der Waals surface area contributed by atoms with Crippen LogP contribution in [0.5, 0.6) is 0 Å². The lowest BCUT2D eigenvalue weighted by atomic mass is 10.0. The van der Waals surface area contributed by atoms with Crippen LogP contribution in [0.3, 0.4) is 0 Å². The second-order valence-corrected chi connectivity index (χ2v) is 7.63. The van der Waals surface area contributed by atoms with Crippen LogP contribution in [0.4, 0.5) is 4.79 Å². The molecule has 0 spiro atoms. The number of carbonyl (C=O) groups excluding carboxylic acids is 1. The first-order valence-corrected chi connectivity index (χ1v) is 10.3. The number of hydrogen-bond donors (Lipinski definition) is 2. The van der Waals surface area contributed by atoms with E-state index in [0.717, 1.165) is 22.1 Å². The minimum Gasteiger partial charge on any atom is -0.480 e. The molecule has 3 aromatic carbocycles. The van der Waals surface area contributed by atoms with E-state index in [-0.39, 0.29) is 13.0 Å². The van der Waals surface area contributed by atoms with E-state index in [9.17, 15) is 14.7 Å². The number of fused-ring (bicyclic) bond motifs is 1. The first-order valence-electron chi connectivity index (χ1n) is 10.3. The van der Waals surface area contributed by atoms with Gasteiger partial charge in [0.1, 0.15) is 17.4 Å². The Morgan fingerprint density at radius 2 is 1.69 bits per heavy atom. The van der Waals surface area contributed by atoms with E-state index in [1.54, 1.807) is 0 Å². The molecule has 1 aromatic heterocycles. The van der Waals surface area contributed by atoms with Gasteiger partial charge in [0, 0.05) is 11.8 Å². The quantitative estimate of drug-likeness (QED) is 0.414. The molecule has 0 radical (unpaired) electrons. The summed E-state index contributed by atoms with van der Waals surface area (Å²) in [4.78, 5) is 23.7. The van der Waals surface area contributed by atoms with Gasteiger partial charge in [0.2, 0.25) is 0 Å². The van der Waals surface area contributed by atoms with E-state index < -0.39 is 18.1 Å². The summed E-state index contributed by atoms with van der Waals surface area (Å²) in [7, 11) is 0. The molecule has 1 amide bonds. The van der Waals surface area contributed by atoms with Crippen molar-refractivity contribution in [2.75, 3.05) is 0 Å². The largest absolute Gasteiger partial charge is 0.480 e. The molecule has 4 rings (SSSR count). The van der Waals surface area contributed by atoms with Crippen LogP contribution in [-0.4, -0.2) is 23.2 Å². The van der Waals surface area contributed by atoms with Crippen molar-refractivity contribution in [1.29, 1.82) is 0 Å². The fraction of sp³-hybridized carbons (Fsp3) is 0.154. The van der Waals surface area contributed by atoms with Gasteiger partial charge < -0.3 is 19.6 Å². The minimum absolute atomic E-state index is 0.0992. The van der Waals surface area contributed by atoms with Crippen LogP contribution < -0.4 is 5.32 Å². The monoisotopic (exact) mass is 429 g/mol. The van der Waals surface area contributed by atoms with Crippen molar-refractivity contribution in [3.8, 4) is 11.1 Å². The minimum atomic E-state index is -1.13. The number of nitrogens with one attached hydrogen (secondary N) is 1. The Kier molecular flexibility index (Phi) is 6.22. The van der Waals surface area contributed by atoms with Crippen molar-refractivity contribution < 1.29 is 23.8 Å². The number of benzene rings is 3. The molecule has 0 fully saturated rings. The summed E-state index contributed by atoms with van der Waals surface area (Å²) >= 11 is 0. The van der Waals surface area contributed by atoms with Crippen molar-refractivity contribution in [1.82, 2.24) is 5.32 Å². The van der Waals surface area contributed by atoms with E-state index in [1.807, 2.05) is 61.5 Å². The average Bonchev–Trinajstić information content (AvgIpc) is 3.20. The number of rotatable bonds is 7. The number of ether oxygens (including phenoxy) is 1. The van der Waals surface area contributed by atoms with Gasteiger partial charge in [-0.2, -0.15) is 0 Å². The molecule has 2 N–H and O–H groups in total. The number of carboxylic acid groups (broad SMARTS) is 1. The van der Waals surface area contributed by atoms with Crippen molar-refractivity contribution in [3.05, 3.63) is 95.7 Å². The van der Waals surface area contributed by atoms with Crippen LogP contribution in [0.15, 0.2) is 83.3 Å². The molecule has 0 saturated heterocycles. The van der Waals surface area contributed by atoms with Gasteiger partial charge in [-0.15, -0.1) is 0 Å². The zero-order valence-electron chi connectivity index (χ0n) is 17.6. The van der Waals surface area contributed by atoms with Crippen LogP contribution in [0, 0.1) is 6.92 Å². The smallest absolute Gasteiger partial charge is 0.408 e. The molecule has 1 atom stereocenters. The average molecular weight is 429 g/mol. The van der Waals surface area contributed by atoms with Gasteiger partial charge in [-0.25, -0.2) is 9.59 Å². The molecule has 0 saturated carbocycles. The number of carboxylic acids is 1. The molecule has 0 aliphatic carbocycles. The van der Waals surface area contributed by atoms with Crippen LogP contribution in [0.1, 0.15) is 16.9 Å². The summed E-state index contributed by atoms with van der Waals surface area (Å²) in [5.74, 6) is -0.649. The lowest BCUT2D eigenvalue weighted by Crippen LogP contribution is -2.42. The first kappa shape index (κ1) is 21.2. The van der Waals surface area contributed by atoms with Crippen molar-refractivity contribution in [2.24, 2.45) is 0 Å². The Balaban J connectivity index is 1.39. The van der Waals surface area contributed by atoms with Crippen LogP contribution >= 0.6 is 0 Å². The Labute approximate surface area is 185 Å². The summed E-state index contributed by atoms with van der Waals surface area (Å²) in [5.41, 5.74) is 4.86. The molecule has 1 heterocycles. The number of alkyl carbamates (subject to hydrolysis) is 1. The number of furan rings is 1. The highest BCUT2D eigenvalue weighted by Crippen LogP contribution is 2.27. The fourth-order valence-electron chi connectivity index (χ4n) is 3.47. The number of amides is 1. The van der Waals surface area contributed by atoms with Crippen LogP contribution in [0.2, 0.25) is 0 Å². The molecule has 0 bridgehead atoms. The van der Waals surface area contributed by atoms with E-state index in [2.05, 4.69) is 29.6 Å². The van der Waals surface area contributed by atoms with Gasteiger partial charge in [0.05, 0.1) is 0 Å². The standard InChI is InChI=1S/C26H23NO5/c1-17-7-9-19(10-8-17)20-11-12-24-21(14-20)15-22(32-24)16-31-26(30)27-23(25(28)29)13-18-5-3-2-4-6-18/h2-12,14-15,23H,13,16H2,1H3,(H,27,30)(H,28,29). The van der Waals surface area contributed by atoms with Crippen molar-refractivity contribution in [3.63, 3.8) is 0 Å². The highest BCUT2D eigenvalue weighted by atomic mass is 16.6. The maximum atomic E-state index is 12.2. The molecule has 0 aliphatic heterocycles. The highest BCUT2D eigenvalue weighted by molar-refractivity contribution is 5.84. The Morgan fingerprint density at radius 3 is 2.41 bits per heavy atom. The number of aryl methyl sites for hydroxylation is 1. The molecule has 6 heteroatoms. The molecule has 1 unspecified atom stereocenters. The number of aliphatic carboxylic acids is 1. The van der Waals surface area contributed by atoms with Crippen LogP contribution in [-0.2, 0) is 22.6 Å². The van der Waals surface area contributed by atoms with Gasteiger partial charge in [-0.3, -0.25) is 0 Å². The third-order valence-corrected chi connectivity index (χ3v) is 5.17. The molecule has 32 heavy (non-hydrogen) atoms. The van der Waals surface area contributed by atoms with Gasteiger partial charge in [-0.05, 0) is 41.8 Å². The lowest BCUT2D eigenvalue weighted by molar-refractivity contribution is -0.139. The molecule has 162 valence electrons. The lowest BCUT2D eigenvalue weighted by Gasteiger charge is -2.14. The third-order valence-electron chi connectivity index (χ3n) is 5.17. The Bertz CT molecular complexity index is 1230. The van der Waals surface area contributed by atoms with Crippen LogP contribution in [0.25, 0.3) is 22.1 Å². The van der Waals surface area contributed by atoms with E-state index in [0.29, 0.717) is 11.3 Å². The summed E-state index contributed by atoms with van der Waals surface area (Å²) in [6.45, 7) is 1.95. The molecular formula is C26H23NO5. The van der Waals surface area contributed by atoms with E-state index in [1.165, 1.54) is 5.56 Å². The summed E-state index contributed by atoms with van der Waals surface area (Å²) < 4.78 is 11.0. The van der Waals surface area contributed by atoms with E-state index >= 15 is 0 Å². The maximum Gasteiger partial charge on any atom is 0.408 e. The zero-order chi connectivity index (χ0) is 22.5. The fourth-order valence-corrected chi connectivity index (χ4v) is 3.47. The third kappa shape index (κ3) is 5.16. The number of carbonyl (C=O) groups is 2. The van der Waals surface area contributed by atoms with Gasteiger partial charge >= 0.3 is 12.1 Å². The summed E-state index contributed by atoms with van der Waals surface area (Å²) in [5, 5.41) is 12.7. The summed E-state index contributed by atoms with van der Waals surface area (Å²) in [6.07, 6.45) is -0.647. The zero-order valence-corrected chi connectivity index (χ0v) is 17.6. The Morgan fingerprint density at radius 1 is 0.969 bits per heavy atom. The van der Waals surface area contributed by atoms with E-state index in [4.69, 9.17) is 9.15 Å². The Hall–Kier alpha value is -4.06. The highest BCUT2D eigenvalue weighted by Gasteiger charge is 2.21. The predicted molar refractivity (Wildman–Crippen MR) is 121 cm³/mol. The second kappa shape index (κ2) is 9.39. The normalized spacial score (nSPS) is 11.8. The molecule has 0 aliphatic rings. The molecule has 4 aromatic rings. The second-order valence-electron chi connectivity index (χ2n) is 7.63. The molecular weight excluding hydrogens is 406 g/mol. The van der Waals surface area contributed by atoms with Crippen molar-refractivity contribution >= 4 is 23.0 Å². The predicted octanol–water partition coefficient (Wildman–Crippen LogP) is 5.33.